The van der Waals surface area contributed by atoms with Crippen LogP contribution in [0, 0.1) is 5.92 Å². The highest BCUT2D eigenvalue weighted by molar-refractivity contribution is 7.80. The van der Waals surface area contributed by atoms with Gasteiger partial charge >= 0.3 is 6.18 Å². The molecule has 1 aliphatic carbocycles. The number of hydrogen-bond acceptors (Lipinski definition) is 4. The van der Waals surface area contributed by atoms with Crippen molar-refractivity contribution < 1.29 is 13.2 Å². The fourth-order valence-electron chi connectivity index (χ4n) is 5.20. The van der Waals surface area contributed by atoms with E-state index in [1.165, 1.54) is 6.42 Å². The van der Waals surface area contributed by atoms with Crippen molar-refractivity contribution in [1.29, 1.82) is 0 Å². The first kappa shape index (κ1) is 25.9. The normalized spacial score (nSPS) is 20.4. The molecule has 5 nitrogen and oxygen atoms in total. The van der Waals surface area contributed by atoms with Gasteiger partial charge in [-0.2, -0.15) is 18.2 Å². The van der Waals surface area contributed by atoms with E-state index in [0.717, 1.165) is 50.2 Å². The maximum Gasteiger partial charge on any atom is 0.433 e. The fourth-order valence-corrected chi connectivity index (χ4v) is 5.56. The molecule has 2 aliphatic rings. The van der Waals surface area contributed by atoms with E-state index in [0.29, 0.717) is 30.6 Å². The number of hydrogen-bond donors (Lipinski definition) is 2. The summed E-state index contributed by atoms with van der Waals surface area (Å²) in [5.41, 5.74) is 0.0316. The first-order valence-electron chi connectivity index (χ1n) is 12.2. The van der Waals surface area contributed by atoms with Gasteiger partial charge in [-0.05, 0) is 61.5 Å². The van der Waals surface area contributed by atoms with E-state index < -0.39 is 11.9 Å². The van der Waals surface area contributed by atoms with Crippen molar-refractivity contribution in [2.45, 2.75) is 63.5 Å². The molecule has 1 aliphatic heterocycles. The van der Waals surface area contributed by atoms with Gasteiger partial charge in [0.15, 0.2) is 10.8 Å². The van der Waals surface area contributed by atoms with E-state index in [-0.39, 0.29) is 22.3 Å². The summed E-state index contributed by atoms with van der Waals surface area (Å²) in [6.45, 7) is 3.98. The van der Waals surface area contributed by atoms with Gasteiger partial charge in [0.05, 0.1) is 0 Å². The Bertz CT molecular complexity index is 1040. The average Bonchev–Trinajstić information content (AvgIpc) is 2.83. The highest BCUT2D eigenvalue weighted by atomic mass is 35.5. The number of piperidine rings is 1. The molecular formula is C25H31ClF3N5S. The van der Waals surface area contributed by atoms with E-state index in [2.05, 4.69) is 33.6 Å². The van der Waals surface area contributed by atoms with Crippen LogP contribution in [0.3, 0.4) is 0 Å². The Kier molecular flexibility index (Phi) is 8.06. The van der Waals surface area contributed by atoms with Crippen LogP contribution in [0.5, 0.6) is 0 Å². The second-order valence-corrected chi connectivity index (χ2v) is 10.6. The number of alkyl halides is 3. The third kappa shape index (κ3) is 6.55. The number of benzene rings is 1. The molecule has 35 heavy (non-hydrogen) atoms. The summed E-state index contributed by atoms with van der Waals surface area (Å²) in [6, 6.07) is 8.90. The van der Waals surface area contributed by atoms with Crippen LogP contribution in [0.1, 0.15) is 63.1 Å². The first-order chi connectivity index (χ1) is 16.6. The van der Waals surface area contributed by atoms with E-state index in [9.17, 15) is 13.2 Å². The van der Waals surface area contributed by atoms with E-state index in [1.807, 2.05) is 23.1 Å². The minimum Gasteiger partial charge on any atom is -0.361 e. The largest absolute Gasteiger partial charge is 0.433 e. The topological polar surface area (TPSA) is 53.1 Å². The molecule has 1 aromatic heterocycles. The maximum atomic E-state index is 13.6. The lowest BCUT2D eigenvalue weighted by atomic mass is 9.69. The zero-order valence-electron chi connectivity index (χ0n) is 19.8. The lowest BCUT2D eigenvalue weighted by Crippen LogP contribution is -2.43. The molecule has 1 saturated heterocycles. The Morgan fingerprint density at radius 2 is 1.94 bits per heavy atom. The molecule has 0 radical (unpaired) electrons. The highest BCUT2D eigenvalue weighted by Gasteiger charge is 2.36. The van der Waals surface area contributed by atoms with E-state index in [1.54, 1.807) is 0 Å². The number of thiocarbonyl (C=S) groups is 1. The quantitative estimate of drug-likeness (QED) is 0.430. The Morgan fingerprint density at radius 1 is 1.17 bits per heavy atom. The summed E-state index contributed by atoms with van der Waals surface area (Å²) in [4.78, 5) is 10.00. The third-order valence-corrected chi connectivity index (χ3v) is 7.53. The monoisotopic (exact) mass is 525 g/mol. The van der Waals surface area contributed by atoms with Crippen molar-refractivity contribution >= 4 is 40.7 Å². The van der Waals surface area contributed by atoms with Gasteiger partial charge in [0.25, 0.3) is 0 Å². The molecule has 0 spiro atoms. The fraction of sp³-hybridized carbons (Fsp3) is 0.560. The highest BCUT2D eigenvalue weighted by Crippen LogP contribution is 2.40. The SMILES string of the molecule is C[C@H]1CCCN(c2cc(C(F)(F)F)nc(NC(=S)NCC3(c4cccc(Cl)c4)CCCCC3)n2)C1. The number of aromatic nitrogens is 2. The van der Waals surface area contributed by atoms with Gasteiger partial charge in [-0.1, -0.05) is 49.9 Å². The molecule has 2 N–H and O–H groups in total. The van der Waals surface area contributed by atoms with E-state index >= 15 is 0 Å². The van der Waals surface area contributed by atoms with Crippen LogP contribution in [0.4, 0.5) is 24.9 Å². The van der Waals surface area contributed by atoms with Crippen LogP contribution in [-0.4, -0.2) is 34.7 Å². The number of anilines is 2. The smallest absolute Gasteiger partial charge is 0.361 e. The minimum absolute atomic E-state index is 0.140. The van der Waals surface area contributed by atoms with Gasteiger partial charge < -0.3 is 15.5 Å². The lowest BCUT2D eigenvalue weighted by Gasteiger charge is -2.38. The zero-order valence-corrected chi connectivity index (χ0v) is 21.4. The van der Waals surface area contributed by atoms with Gasteiger partial charge in [-0.25, -0.2) is 4.98 Å². The number of rotatable bonds is 5. The molecule has 1 saturated carbocycles. The van der Waals surface area contributed by atoms with Crippen LogP contribution in [-0.2, 0) is 11.6 Å². The first-order valence-corrected chi connectivity index (χ1v) is 13.0. The molecular weight excluding hydrogens is 495 g/mol. The minimum atomic E-state index is -4.58. The van der Waals surface area contributed by atoms with Crippen molar-refractivity contribution in [3.8, 4) is 0 Å². The summed E-state index contributed by atoms with van der Waals surface area (Å²) >= 11 is 11.7. The number of nitrogens with zero attached hydrogens (tertiary/aromatic N) is 3. The molecule has 2 aromatic rings. The zero-order chi connectivity index (χ0) is 25.1. The van der Waals surface area contributed by atoms with Gasteiger partial charge in [0, 0.05) is 36.1 Å². The Morgan fingerprint density at radius 3 is 2.63 bits per heavy atom. The predicted molar refractivity (Wildman–Crippen MR) is 138 cm³/mol. The van der Waals surface area contributed by atoms with Crippen molar-refractivity contribution in [2.75, 3.05) is 29.9 Å². The van der Waals surface area contributed by atoms with Crippen molar-refractivity contribution in [2.24, 2.45) is 5.92 Å². The van der Waals surface area contributed by atoms with Crippen LogP contribution in [0.15, 0.2) is 30.3 Å². The summed E-state index contributed by atoms with van der Waals surface area (Å²) in [6.07, 6.45) is 2.75. The second kappa shape index (κ2) is 10.9. The predicted octanol–water partition coefficient (Wildman–Crippen LogP) is 6.57. The van der Waals surface area contributed by atoms with Gasteiger partial charge in [0.2, 0.25) is 5.95 Å². The Labute approximate surface area is 214 Å². The lowest BCUT2D eigenvalue weighted by molar-refractivity contribution is -0.141. The Hall–Kier alpha value is -2.13. The molecule has 2 fully saturated rings. The second-order valence-electron chi connectivity index (χ2n) is 9.79. The standard InChI is InChI=1S/C25H31ClF3N5S/c1-17-7-6-12-34(15-17)21-14-20(25(27,28)29)31-22(32-21)33-23(35)30-16-24(10-3-2-4-11-24)18-8-5-9-19(26)13-18/h5,8-9,13-14,17H,2-4,6-7,10-12,15-16H2,1H3,(H2,30,31,32,33,35)/t17-/m0/s1. The molecule has 190 valence electrons. The molecule has 1 atom stereocenters. The number of nitrogens with one attached hydrogen (secondary N) is 2. The van der Waals surface area contributed by atoms with E-state index in [4.69, 9.17) is 23.8 Å². The summed E-state index contributed by atoms with van der Waals surface area (Å²) in [7, 11) is 0. The average molecular weight is 526 g/mol. The van der Waals surface area contributed by atoms with Crippen molar-refractivity contribution in [3.63, 3.8) is 0 Å². The Balaban J connectivity index is 1.51. The molecule has 10 heteroatoms. The third-order valence-electron chi connectivity index (χ3n) is 7.04. The van der Waals surface area contributed by atoms with Crippen LogP contribution >= 0.6 is 23.8 Å². The van der Waals surface area contributed by atoms with Crippen LogP contribution in [0.2, 0.25) is 5.02 Å². The van der Waals surface area contributed by atoms with Gasteiger partial charge in [-0.15, -0.1) is 0 Å². The van der Waals surface area contributed by atoms with Gasteiger partial charge in [-0.3, -0.25) is 0 Å². The van der Waals surface area contributed by atoms with Crippen molar-refractivity contribution in [3.05, 3.63) is 46.6 Å². The molecule has 0 bridgehead atoms. The van der Waals surface area contributed by atoms with Crippen LogP contribution < -0.4 is 15.5 Å². The molecule has 4 rings (SSSR count). The molecule has 2 heterocycles. The number of halogens is 4. The summed E-state index contributed by atoms with van der Waals surface area (Å²) in [5, 5.41) is 6.92. The van der Waals surface area contributed by atoms with Crippen molar-refractivity contribution in [1.82, 2.24) is 15.3 Å². The van der Waals surface area contributed by atoms with Gasteiger partial charge in [0.1, 0.15) is 5.82 Å². The molecule has 0 unspecified atom stereocenters. The summed E-state index contributed by atoms with van der Waals surface area (Å²) < 4.78 is 40.8. The molecule has 0 amide bonds. The van der Waals surface area contributed by atoms with Crippen LogP contribution in [0.25, 0.3) is 0 Å². The molecule has 1 aromatic carbocycles. The maximum absolute atomic E-state index is 13.6. The summed E-state index contributed by atoms with van der Waals surface area (Å²) in [5.74, 6) is 0.517.